The Balaban J connectivity index is 1.58. The van der Waals surface area contributed by atoms with Gasteiger partial charge in [0.25, 0.3) is 0 Å². The van der Waals surface area contributed by atoms with Crippen molar-refractivity contribution < 1.29 is 9.36 Å². The van der Waals surface area contributed by atoms with Crippen LogP contribution in [0, 0.1) is 5.92 Å². The van der Waals surface area contributed by atoms with E-state index in [-0.39, 0.29) is 17.7 Å². The van der Waals surface area contributed by atoms with Gasteiger partial charge >= 0.3 is 0 Å². The molecule has 2 aromatic heterocycles. The van der Waals surface area contributed by atoms with Crippen molar-refractivity contribution in [2.45, 2.75) is 22.4 Å². The van der Waals surface area contributed by atoms with Crippen LogP contribution in [0.2, 0.25) is 5.02 Å². The first-order chi connectivity index (χ1) is 12.5. The van der Waals surface area contributed by atoms with Crippen LogP contribution in [0.4, 0.5) is 0 Å². The van der Waals surface area contributed by atoms with Crippen LogP contribution in [0.5, 0.6) is 0 Å². The summed E-state index contributed by atoms with van der Waals surface area (Å²) in [6.07, 6.45) is 4.43. The van der Waals surface area contributed by atoms with Crippen molar-refractivity contribution in [1.82, 2.24) is 9.97 Å². The number of amides is 1. The molecule has 1 saturated carbocycles. The molecule has 0 saturated heterocycles. The Morgan fingerprint density at radius 3 is 2.69 bits per heavy atom. The Morgan fingerprint density at radius 2 is 2.08 bits per heavy atom. The fourth-order valence-electron chi connectivity index (χ4n) is 3.08. The van der Waals surface area contributed by atoms with Crippen molar-refractivity contribution in [2.24, 2.45) is 18.7 Å². The lowest BCUT2D eigenvalue weighted by Crippen LogP contribution is -2.27. The largest absolute Gasteiger partial charge is 0.369 e. The number of nitrogens with zero attached hydrogens (tertiary/aromatic N) is 2. The van der Waals surface area contributed by atoms with E-state index in [0.29, 0.717) is 5.02 Å². The number of carbonyl (C=O) groups excluding carboxylic acids is 1. The minimum atomic E-state index is -0.204. The van der Waals surface area contributed by atoms with Gasteiger partial charge in [-0.15, -0.1) is 0 Å². The number of halogens is 1. The van der Waals surface area contributed by atoms with Gasteiger partial charge in [-0.05, 0) is 41.8 Å². The van der Waals surface area contributed by atoms with Gasteiger partial charge in [0.1, 0.15) is 5.03 Å². The molecule has 1 aliphatic carbocycles. The summed E-state index contributed by atoms with van der Waals surface area (Å²) in [7, 11) is 1.99. The van der Waals surface area contributed by atoms with E-state index in [1.807, 2.05) is 30.1 Å². The number of aryl methyl sites for hydroxylation is 1. The monoisotopic (exact) mass is 385 g/mol. The SMILES string of the molecule is C[n+]1c[nH]c(-c2ccc(C3CC3C(N)=O)cc2)c1Sc1ccc(Cl)cn1. The van der Waals surface area contributed by atoms with E-state index in [1.54, 1.807) is 18.0 Å². The Morgan fingerprint density at radius 1 is 1.31 bits per heavy atom. The highest BCUT2D eigenvalue weighted by Gasteiger charge is 2.42. The Bertz CT molecular complexity index is 953. The summed E-state index contributed by atoms with van der Waals surface area (Å²) in [5.41, 5.74) is 8.67. The Kier molecular flexibility index (Phi) is 4.46. The van der Waals surface area contributed by atoms with Crippen LogP contribution in [0.15, 0.2) is 59.0 Å². The van der Waals surface area contributed by atoms with Crippen molar-refractivity contribution in [1.29, 1.82) is 0 Å². The molecule has 2 heterocycles. The van der Waals surface area contributed by atoms with Gasteiger partial charge in [0.05, 0.1) is 12.1 Å². The van der Waals surface area contributed by atoms with E-state index < -0.39 is 0 Å². The summed E-state index contributed by atoms with van der Waals surface area (Å²) < 4.78 is 2.04. The standard InChI is InChI=1S/C19H17ClN4OS/c1-24-10-23-17(19(24)26-16-7-6-13(20)9-22-16)12-4-2-11(3-5-12)14-8-15(14)18(21)25/h2-7,9-10,14-15H,8H2,1H3,(H2,21,25)/p+1. The zero-order valence-corrected chi connectivity index (χ0v) is 15.7. The number of hydrogen-bond donors (Lipinski definition) is 2. The first-order valence-corrected chi connectivity index (χ1v) is 9.48. The molecule has 3 N–H and O–H groups in total. The molecule has 0 radical (unpaired) electrons. The summed E-state index contributed by atoms with van der Waals surface area (Å²) in [6, 6.07) is 12.1. The van der Waals surface area contributed by atoms with Gasteiger partial charge in [-0.25, -0.2) is 14.5 Å². The lowest BCUT2D eigenvalue weighted by atomic mass is 10.1. The molecule has 0 aliphatic heterocycles. The fourth-order valence-corrected chi connectivity index (χ4v) is 4.11. The lowest BCUT2D eigenvalue weighted by molar-refractivity contribution is -0.706. The van der Waals surface area contributed by atoms with E-state index in [1.165, 1.54) is 5.56 Å². The summed E-state index contributed by atoms with van der Waals surface area (Å²) >= 11 is 7.49. The smallest absolute Gasteiger partial charge is 0.242 e. The Labute approximate surface area is 160 Å². The second-order valence-corrected chi connectivity index (χ2v) is 7.90. The Hall–Kier alpha value is -2.31. The molecule has 1 fully saturated rings. The number of hydrogen-bond acceptors (Lipinski definition) is 3. The maximum Gasteiger partial charge on any atom is 0.242 e. The molecule has 0 bridgehead atoms. The molecule has 3 aromatic rings. The average Bonchev–Trinajstić information content (AvgIpc) is 3.37. The molecule has 1 aromatic carbocycles. The molecule has 26 heavy (non-hydrogen) atoms. The molecular weight excluding hydrogens is 368 g/mol. The minimum Gasteiger partial charge on any atom is -0.369 e. The first-order valence-electron chi connectivity index (χ1n) is 8.29. The van der Waals surface area contributed by atoms with Crippen LogP contribution in [-0.2, 0) is 11.8 Å². The summed E-state index contributed by atoms with van der Waals surface area (Å²) in [6.45, 7) is 0. The maximum atomic E-state index is 11.3. The maximum absolute atomic E-state index is 11.3. The van der Waals surface area contributed by atoms with Crippen molar-refractivity contribution >= 4 is 29.3 Å². The third-order valence-electron chi connectivity index (χ3n) is 4.62. The number of imidazole rings is 1. The molecule has 7 heteroatoms. The average molecular weight is 386 g/mol. The summed E-state index contributed by atoms with van der Waals surface area (Å²) in [5, 5.41) is 2.57. The van der Waals surface area contributed by atoms with Crippen molar-refractivity contribution in [3.8, 4) is 11.3 Å². The third kappa shape index (κ3) is 3.34. The number of pyridine rings is 1. The molecule has 1 amide bonds. The second kappa shape index (κ2) is 6.78. The number of nitrogens with one attached hydrogen (secondary N) is 1. The highest BCUT2D eigenvalue weighted by atomic mass is 35.5. The zero-order valence-electron chi connectivity index (χ0n) is 14.1. The van der Waals surface area contributed by atoms with Gasteiger partial charge in [-0.3, -0.25) is 4.79 Å². The highest BCUT2D eigenvalue weighted by Crippen LogP contribution is 2.47. The molecular formula is C19H18ClN4OS+. The fraction of sp³-hybridized carbons (Fsp3) is 0.211. The number of primary amides is 1. The minimum absolute atomic E-state index is 0.00812. The number of nitrogens with two attached hydrogens (primary N) is 1. The first kappa shape index (κ1) is 17.1. The van der Waals surface area contributed by atoms with Crippen molar-refractivity contribution in [2.75, 3.05) is 0 Å². The van der Waals surface area contributed by atoms with Gasteiger partial charge < -0.3 is 5.73 Å². The molecule has 4 rings (SSSR count). The van der Waals surface area contributed by atoms with E-state index in [4.69, 9.17) is 17.3 Å². The molecule has 2 atom stereocenters. The highest BCUT2D eigenvalue weighted by molar-refractivity contribution is 7.99. The van der Waals surface area contributed by atoms with E-state index in [9.17, 15) is 4.79 Å². The molecule has 132 valence electrons. The third-order valence-corrected chi connectivity index (χ3v) is 5.98. The van der Waals surface area contributed by atoms with Crippen LogP contribution in [0.1, 0.15) is 17.9 Å². The van der Waals surface area contributed by atoms with Crippen LogP contribution >= 0.6 is 23.4 Å². The predicted octanol–water partition coefficient (Wildman–Crippen LogP) is 3.29. The predicted molar refractivity (Wildman–Crippen MR) is 101 cm³/mol. The van der Waals surface area contributed by atoms with E-state index in [2.05, 4.69) is 34.2 Å². The molecule has 1 aliphatic rings. The van der Waals surface area contributed by atoms with E-state index in [0.717, 1.165) is 27.7 Å². The number of aromatic amines is 1. The van der Waals surface area contributed by atoms with Crippen LogP contribution in [0.25, 0.3) is 11.3 Å². The van der Waals surface area contributed by atoms with Gasteiger partial charge in [-0.1, -0.05) is 35.9 Å². The van der Waals surface area contributed by atoms with Gasteiger partial charge in [-0.2, -0.15) is 0 Å². The summed E-state index contributed by atoms with van der Waals surface area (Å²) in [5.74, 6) is 0.0595. The zero-order chi connectivity index (χ0) is 18.3. The van der Waals surface area contributed by atoms with Crippen LogP contribution < -0.4 is 10.3 Å². The molecule has 2 unspecified atom stereocenters. The van der Waals surface area contributed by atoms with Gasteiger partial charge in [0.15, 0.2) is 5.69 Å². The number of carbonyl (C=O) groups is 1. The van der Waals surface area contributed by atoms with Gasteiger partial charge in [0.2, 0.25) is 17.3 Å². The number of H-pyrrole nitrogens is 1. The number of benzene rings is 1. The van der Waals surface area contributed by atoms with Crippen molar-refractivity contribution in [3.05, 3.63) is 59.5 Å². The quantitative estimate of drug-likeness (QED) is 0.661. The van der Waals surface area contributed by atoms with Crippen LogP contribution in [-0.4, -0.2) is 15.9 Å². The lowest BCUT2D eigenvalue weighted by Gasteiger charge is -2.03. The normalized spacial score (nSPS) is 18.7. The number of rotatable bonds is 5. The summed E-state index contributed by atoms with van der Waals surface area (Å²) in [4.78, 5) is 19.0. The van der Waals surface area contributed by atoms with E-state index >= 15 is 0 Å². The van der Waals surface area contributed by atoms with Crippen LogP contribution in [0.3, 0.4) is 0 Å². The molecule has 0 spiro atoms. The topological polar surface area (TPSA) is 75.7 Å². The second-order valence-electron chi connectivity index (χ2n) is 6.45. The number of aromatic nitrogens is 3. The molecule has 5 nitrogen and oxygen atoms in total. The van der Waals surface area contributed by atoms with Crippen molar-refractivity contribution in [3.63, 3.8) is 0 Å². The van der Waals surface area contributed by atoms with Gasteiger partial charge in [0, 0.05) is 17.7 Å².